The van der Waals surface area contributed by atoms with Gasteiger partial charge in [0.15, 0.2) is 11.4 Å². The van der Waals surface area contributed by atoms with Gasteiger partial charge in [0.25, 0.3) is 5.56 Å². The molecule has 0 radical (unpaired) electrons. The minimum atomic E-state index is -1.50. The first-order chi connectivity index (χ1) is 12.8. The summed E-state index contributed by atoms with van der Waals surface area (Å²) in [5.74, 6) is -2.43. The van der Waals surface area contributed by atoms with Gasteiger partial charge in [0.05, 0.1) is 16.9 Å². The molecule has 1 aromatic carbocycles. The number of carbonyl (C=O) groups is 1. The van der Waals surface area contributed by atoms with Gasteiger partial charge in [0.1, 0.15) is 5.75 Å². The summed E-state index contributed by atoms with van der Waals surface area (Å²) in [5, 5.41) is 22.7. The lowest BCUT2D eigenvalue weighted by Crippen LogP contribution is -2.20. The van der Waals surface area contributed by atoms with Crippen molar-refractivity contribution in [2.75, 3.05) is 7.05 Å². The molecule has 0 bridgehead atoms. The Labute approximate surface area is 166 Å². The molecule has 0 unspecified atom stereocenters. The highest BCUT2D eigenvalue weighted by Crippen LogP contribution is 2.33. The maximum atomic E-state index is 14.8. The average molecular weight is 410 g/mol. The van der Waals surface area contributed by atoms with Gasteiger partial charge in [0, 0.05) is 24.5 Å². The van der Waals surface area contributed by atoms with Crippen molar-refractivity contribution < 1.29 is 19.4 Å². The van der Waals surface area contributed by atoms with E-state index in [1.807, 2.05) is 0 Å². The first-order valence-electron chi connectivity index (χ1n) is 8.44. The number of carboxylic acids is 1. The van der Waals surface area contributed by atoms with Crippen molar-refractivity contribution in [3.8, 4) is 17.0 Å². The molecule has 0 aliphatic rings. The standard InChI is InChI=1S/C19H20FN3O4.ClH/c1-4-10-16(22-18(25)14(17(10)24)19(26)27)9-5-6-12-11(7-9)15(20)13(8-21-2)23(12)3;/h5-7,21H,4,8H2,1-3H3,(H,26,27)(H2,22,24,25);1H. The molecule has 2 aromatic heterocycles. The second-order valence-corrected chi connectivity index (χ2v) is 6.27. The van der Waals surface area contributed by atoms with Crippen LogP contribution in [0.2, 0.25) is 0 Å². The van der Waals surface area contributed by atoms with Crippen LogP contribution in [-0.4, -0.2) is 32.8 Å². The summed E-state index contributed by atoms with van der Waals surface area (Å²) in [6.07, 6.45) is 0.290. The van der Waals surface area contributed by atoms with Crippen molar-refractivity contribution in [3.05, 3.63) is 51.2 Å². The predicted octanol–water partition coefficient (Wildman–Crippen LogP) is 2.78. The monoisotopic (exact) mass is 409 g/mol. The van der Waals surface area contributed by atoms with Crippen LogP contribution in [0.5, 0.6) is 5.75 Å². The average Bonchev–Trinajstić information content (AvgIpc) is 2.86. The number of benzene rings is 1. The normalized spacial score (nSPS) is 10.9. The lowest BCUT2D eigenvalue weighted by Gasteiger charge is -2.12. The van der Waals surface area contributed by atoms with E-state index in [9.17, 15) is 19.1 Å². The van der Waals surface area contributed by atoms with Crippen molar-refractivity contribution in [3.63, 3.8) is 0 Å². The number of aromatic amines is 1. The van der Waals surface area contributed by atoms with Crippen molar-refractivity contribution in [1.29, 1.82) is 0 Å². The highest BCUT2D eigenvalue weighted by atomic mass is 35.5. The SMILES string of the molecule is CCc1c(-c2ccc3c(c2)c(F)c(CNC)n3C)[nH]c(=O)c(C(=O)O)c1O.Cl. The van der Waals surface area contributed by atoms with Crippen LogP contribution >= 0.6 is 12.4 Å². The lowest BCUT2D eigenvalue weighted by atomic mass is 9.99. The molecule has 0 saturated heterocycles. The molecule has 0 fully saturated rings. The lowest BCUT2D eigenvalue weighted by molar-refractivity contribution is 0.0691. The molecule has 0 spiro atoms. The van der Waals surface area contributed by atoms with Crippen LogP contribution < -0.4 is 10.9 Å². The van der Waals surface area contributed by atoms with E-state index in [1.165, 1.54) is 0 Å². The van der Waals surface area contributed by atoms with Gasteiger partial charge in [-0.3, -0.25) is 4.79 Å². The number of nitrogens with zero attached hydrogens (tertiary/aromatic N) is 1. The van der Waals surface area contributed by atoms with Gasteiger partial charge in [-0.15, -0.1) is 12.4 Å². The number of hydrogen-bond donors (Lipinski definition) is 4. The summed E-state index contributed by atoms with van der Waals surface area (Å²) in [5.41, 5.74) is 0.648. The third-order valence-corrected chi connectivity index (χ3v) is 4.74. The molecule has 9 heteroatoms. The van der Waals surface area contributed by atoms with Crippen molar-refractivity contribution in [1.82, 2.24) is 14.9 Å². The Balaban J connectivity index is 0.00000280. The van der Waals surface area contributed by atoms with Gasteiger partial charge in [-0.1, -0.05) is 13.0 Å². The first kappa shape index (κ1) is 21.5. The number of fused-ring (bicyclic) bond motifs is 1. The topological polar surface area (TPSA) is 107 Å². The maximum absolute atomic E-state index is 14.8. The van der Waals surface area contributed by atoms with Gasteiger partial charge >= 0.3 is 5.97 Å². The van der Waals surface area contributed by atoms with E-state index in [4.69, 9.17) is 5.11 Å². The largest absolute Gasteiger partial charge is 0.506 e. The molecule has 150 valence electrons. The van der Waals surface area contributed by atoms with E-state index in [1.54, 1.807) is 43.8 Å². The van der Waals surface area contributed by atoms with Crippen LogP contribution in [0.4, 0.5) is 4.39 Å². The van der Waals surface area contributed by atoms with E-state index >= 15 is 0 Å². The second-order valence-electron chi connectivity index (χ2n) is 6.27. The summed E-state index contributed by atoms with van der Waals surface area (Å²) in [4.78, 5) is 25.9. The molecule has 28 heavy (non-hydrogen) atoms. The Morgan fingerprint density at radius 3 is 2.61 bits per heavy atom. The number of halogens is 2. The molecule has 0 atom stereocenters. The number of H-pyrrole nitrogens is 1. The number of aryl methyl sites for hydroxylation is 1. The molecule has 0 amide bonds. The number of aromatic carboxylic acids is 1. The van der Waals surface area contributed by atoms with Crippen LogP contribution in [0.1, 0.15) is 28.5 Å². The fraction of sp³-hybridized carbons (Fsp3) is 0.263. The van der Waals surface area contributed by atoms with Crippen LogP contribution in [0, 0.1) is 5.82 Å². The zero-order valence-electron chi connectivity index (χ0n) is 15.6. The highest BCUT2D eigenvalue weighted by molar-refractivity contribution is 5.93. The van der Waals surface area contributed by atoms with Crippen molar-refractivity contribution in [2.24, 2.45) is 7.05 Å². The van der Waals surface area contributed by atoms with Crippen LogP contribution in [0.25, 0.3) is 22.2 Å². The Bertz CT molecular complexity index is 1120. The first-order valence-corrected chi connectivity index (χ1v) is 8.44. The van der Waals surface area contributed by atoms with E-state index in [0.717, 1.165) is 0 Å². The van der Waals surface area contributed by atoms with Crippen LogP contribution in [0.3, 0.4) is 0 Å². The minimum Gasteiger partial charge on any atom is -0.506 e. The summed E-state index contributed by atoms with van der Waals surface area (Å²) in [6.45, 7) is 2.09. The molecular formula is C19H21ClFN3O4. The van der Waals surface area contributed by atoms with E-state index in [-0.39, 0.29) is 29.5 Å². The summed E-state index contributed by atoms with van der Waals surface area (Å²) < 4.78 is 16.6. The third kappa shape index (κ3) is 3.25. The fourth-order valence-corrected chi connectivity index (χ4v) is 3.39. The molecule has 0 aliphatic heterocycles. The zero-order valence-corrected chi connectivity index (χ0v) is 16.4. The highest BCUT2D eigenvalue weighted by Gasteiger charge is 2.23. The molecule has 4 N–H and O–H groups in total. The third-order valence-electron chi connectivity index (χ3n) is 4.74. The molecule has 7 nitrogen and oxygen atoms in total. The Morgan fingerprint density at radius 1 is 1.36 bits per heavy atom. The molecule has 0 aliphatic carbocycles. The maximum Gasteiger partial charge on any atom is 0.345 e. The smallest absolute Gasteiger partial charge is 0.345 e. The van der Waals surface area contributed by atoms with Crippen molar-refractivity contribution in [2.45, 2.75) is 19.9 Å². The van der Waals surface area contributed by atoms with Gasteiger partial charge < -0.3 is 25.1 Å². The van der Waals surface area contributed by atoms with E-state index in [0.29, 0.717) is 35.1 Å². The number of aromatic nitrogens is 2. The summed E-state index contributed by atoms with van der Waals surface area (Å²) in [6, 6.07) is 5.02. The Hall–Kier alpha value is -2.84. The second kappa shape index (κ2) is 8.04. The number of aromatic hydroxyl groups is 1. The number of hydrogen-bond acceptors (Lipinski definition) is 4. The minimum absolute atomic E-state index is 0. The predicted molar refractivity (Wildman–Crippen MR) is 107 cm³/mol. The molecule has 3 rings (SSSR count). The number of pyridine rings is 1. The van der Waals surface area contributed by atoms with Gasteiger partial charge in [-0.05, 0) is 31.2 Å². The number of rotatable bonds is 5. The Kier molecular flexibility index (Phi) is 6.16. The summed E-state index contributed by atoms with van der Waals surface area (Å²) >= 11 is 0. The summed E-state index contributed by atoms with van der Waals surface area (Å²) in [7, 11) is 3.50. The molecular weight excluding hydrogens is 389 g/mol. The van der Waals surface area contributed by atoms with Gasteiger partial charge in [-0.2, -0.15) is 0 Å². The van der Waals surface area contributed by atoms with Crippen LogP contribution in [-0.2, 0) is 20.0 Å². The van der Waals surface area contributed by atoms with E-state index in [2.05, 4.69) is 10.3 Å². The van der Waals surface area contributed by atoms with Crippen molar-refractivity contribution >= 4 is 29.3 Å². The molecule has 0 saturated carbocycles. The molecule has 3 aromatic rings. The number of nitrogens with one attached hydrogen (secondary N) is 2. The quantitative estimate of drug-likeness (QED) is 0.518. The van der Waals surface area contributed by atoms with Gasteiger partial charge in [-0.25, -0.2) is 9.18 Å². The van der Waals surface area contributed by atoms with Crippen LogP contribution in [0.15, 0.2) is 23.0 Å². The van der Waals surface area contributed by atoms with E-state index < -0.39 is 22.8 Å². The molecule has 2 heterocycles. The Morgan fingerprint density at radius 2 is 2.04 bits per heavy atom. The zero-order chi connectivity index (χ0) is 19.9. The number of carboxylic acid groups (broad SMARTS) is 1. The fourth-order valence-electron chi connectivity index (χ4n) is 3.39. The van der Waals surface area contributed by atoms with Gasteiger partial charge in [0.2, 0.25) is 0 Å².